The quantitative estimate of drug-likeness (QED) is 0.775. The summed E-state index contributed by atoms with van der Waals surface area (Å²) in [4.78, 5) is 22.2. The molecular formula is C12H14O4. The van der Waals surface area contributed by atoms with E-state index in [1.165, 1.54) is 0 Å². The van der Waals surface area contributed by atoms with E-state index in [0.717, 1.165) is 0 Å². The van der Waals surface area contributed by atoms with E-state index in [-0.39, 0.29) is 6.42 Å². The van der Waals surface area contributed by atoms with Crippen molar-refractivity contribution in [1.82, 2.24) is 0 Å². The van der Waals surface area contributed by atoms with Crippen LogP contribution >= 0.6 is 0 Å². The number of aliphatic carboxylic acids is 1. The highest BCUT2D eigenvalue weighted by Gasteiger charge is 2.23. The van der Waals surface area contributed by atoms with Crippen molar-refractivity contribution in [2.24, 2.45) is 0 Å². The number of carboxylic acid groups (broad SMARTS) is 1. The maximum atomic E-state index is 11.2. The fraction of sp³-hybridized carbons (Fsp3) is 0.333. The van der Waals surface area contributed by atoms with Crippen molar-refractivity contribution >= 4 is 11.9 Å². The van der Waals surface area contributed by atoms with Crippen molar-refractivity contribution in [3.05, 3.63) is 35.9 Å². The molecule has 0 heterocycles. The zero-order chi connectivity index (χ0) is 12.0. The zero-order valence-corrected chi connectivity index (χ0v) is 9.05. The molecule has 1 aromatic rings. The predicted octanol–water partition coefficient (Wildman–Crippen LogP) is 2.16. The van der Waals surface area contributed by atoms with Gasteiger partial charge >= 0.3 is 11.9 Å². The minimum Gasteiger partial charge on any atom is -0.478 e. The third-order valence-electron chi connectivity index (χ3n) is 2.03. The van der Waals surface area contributed by atoms with Crippen LogP contribution in [0.2, 0.25) is 0 Å². The second-order valence-corrected chi connectivity index (χ2v) is 3.37. The van der Waals surface area contributed by atoms with Crippen molar-refractivity contribution in [1.29, 1.82) is 0 Å². The van der Waals surface area contributed by atoms with Crippen LogP contribution in [0.3, 0.4) is 0 Å². The predicted molar refractivity (Wildman–Crippen MR) is 57.8 cm³/mol. The van der Waals surface area contributed by atoms with Gasteiger partial charge in [0.2, 0.25) is 6.10 Å². The van der Waals surface area contributed by atoms with Crippen LogP contribution in [-0.4, -0.2) is 17.0 Å². The number of carboxylic acids is 1. The van der Waals surface area contributed by atoms with Crippen LogP contribution in [0.5, 0.6) is 0 Å². The van der Waals surface area contributed by atoms with Gasteiger partial charge in [-0.05, 0) is 6.42 Å². The van der Waals surface area contributed by atoms with Gasteiger partial charge in [0.25, 0.3) is 0 Å². The molecule has 0 aliphatic carbocycles. The van der Waals surface area contributed by atoms with Gasteiger partial charge in [0.15, 0.2) is 0 Å². The SMILES string of the molecule is CCCC(=O)O[C@@H](C(=O)O)c1ccccc1. The average Bonchev–Trinajstić information content (AvgIpc) is 2.27. The van der Waals surface area contributed by atoms with Crippen molar-refractivity contribution in [3.63, 3.8) is 0 Å². The van der Waals surface area contributed by atoms with Crippen molar-refractivity contribution in [2.75, 3.05) is 0 Å². The second kappa shape index (κ2) is 5.90. The van der Waals surface area contributed by atoms with Gasteiger partial charge in [-0.15, -0.1) is 0 Å². The molecule has 0 fully saturated rings. The normalized spacial score (nSPS) is 11.8. The summed E-state index contributed by atoms with van der Waals surface area (Å²) in [5.74, 6) is -1.64. The summed E-state index contributed by atoms with van der Waals surface area (Å²) < 4.78 is 4.90. The maximum absolute atomic E-state index is 11.2. The molecule has 1 N–H and O–H groups in total. The van der Waals surface area contributed by atoms with Crippen LogP contribution in [0.4, 0.5) is 0 Å². The van der Waals surface area contributed by atoms with Crippen LogP contribution in [-0.2, 0) is 14.3 Å². The number of rotatable bonds is 5. The van der Waals surface area contributed by atoms with Gasteiger partial charge < -0.3 is 9.84 Å². The Bertz CT molecular complexity index is 359. The van der Waals surface area contributed by atoms with E-state index in [0.29, 0.717) is 12.0 Å². The molecule has 1 aromatic carbocycles. The Morgan fingerprint density at radius 2 is 1.94 bits per heavy atom. The number of ether oxygens (including phenoxy) is 1. The largest absolute Gasteiger partial charge is 0.478 e. The number of benzene rings is 1. The molecule has 0 saturated carbocycles. The molecule has 0 bridgehead atoms. The summed E-state index contributed by atoms with van der Waals surface area (Å²) in [6.45, 7) is 1.83. The third kappa shape index (κ3) is 3.38. The molecule has 1 atom stereocenters. The molecule has 0 unspecified atom stereocenters. The first-order valence-electron chi connectivity index (χ1n) is 5.12. The Hall–Kier alpha value is -1.84. The number of carbonyl (C=O) groups is 2. The first-order valence-corrected chi connectivity index (χ1v) is 5.12. The number of hydrogen-bond donors (Lipinski definition) is 1. The van der Waals surface area contributed by atoms with Crippen LogP contribution in [0, 0.1) is 0 Å². The highest BCUT2D eigenvalue weighted by Crippen LogP contribution is 2.18. The Balaban J connectivity index is 2.77. The molecule has 0 aliphatic rings. The van der Waals surface area contributed by atoms with Crippen molar-refractivity contribution in [2.45, 2.75) is 25.9 Å². The second-order valence-electron chi connectivity index (χ2n) is 3.37. The molecule has 16 heavy (non-hydrogen) atoms. The van der Waals surface area contributed by atoms with Crippen LogP contribution in [0.1, 0.15) is 31.4 Å². The van der Waals surface area contributed by atoms with E-state index in [2.05, 4.69) is 0 Å². The maximum Gasteiger partial charge on any atom is 0.349 e. The summed E-state index contributed by atoms with van der Waals surface area (Å²) in [5.41, 5.74) is 0.472. The van der Waals surface area contributed by atoms with Gasteiger partial charge in [0.1, 0.15) is 0 Å². The van der Waals surface area contributed by atoms with Gasteiger partial charge in [-0.3, -0.25) is 4.79 Å². The van der Waals surface area contributed by atoms with E-state index in [9.17, 15) is 9.59 Å². The lowest BCUT2D eigenvalue weighted by molar-refractivity contribution is -0.164. The molecular weight excluding hydrogens is 208 g/mol. The fourth-order valence-electron chi connectivity index (χ4n) is 1.28. The Kier molecular flexibility index (Phi) is 4.51. The summed E-state index contributed by atoms with van der Waals surface area (Å²) in [5, 5.41) is 8.97. The van der Waals surface area contributed by atoms with Crippen LogP contribution < -0.4 is 0 Å². The van der Waals surface area contributed by atoms with Crippen molar-refractivity contribution < 1.29 is 19.4 Å². The first kappa shape index (κ1) is 12.2. The number of carbonyl (C=O) groups excluding carboxylic acids is 1. The van der Waals surface area contributed by atoms with Gasteiger partial charge in [0.05, 0.1) is 0 Å². The Labute approximate surface area is 93.9 Å². The number of hydrogen-bond acceptors (Lipinski definition) is 3. The fourth-order valence-corrected chi connectivity index (χ4v) is 1.28. The molecule has 0 radical (unpaired) electrons. The summed E-state index contributed by atoms with van der Waals surface area (Å²) in [6, 6.07) is 8.43. The van der Waals surface area contributed by atoms with E-state index >= 15 is 0 Å². The minimum absolute atomic E-state index is 0.233. The van der Waals surface area contributed by atoms with Crippen molar-refractivity contribution in [3.8, 4) is 0 Å². The smallest absolute Gasteiger partial charge is 0.349 e. The molecule has 1 rings (SSSR count). The van der Waals surface area contributed by atoms with Crippen LogP contribution in [0.15, 0.2) is 30.3 Å². The topological polar surface area (TPSA) is 63.6 Å². The van der Waals surface area contributed by atoms with Gasteiger partial charge in [-0.1, -0.05) is 37.3 Å². The molecule has 0 aromatic heterocycles. The standard InChI is InChI=1S/C12H14O4/c1-2-6-10(13)16-11(12(14)15)9-7-4-3-5-8-9/h3-5,7-8,11H,2,6H2,1H3,(H,14,15)/t11-/m1/s1. The van der Waals surface area contributed by atoms with E-state index < -0.39 is 18.0 Å². The lowest BCUT2D eigenvalue weighted by atomic mass is 10.1. The Morgan fingerprint density at radius 1 is 1.31 bits per heavy atom. The average molecular weight is 222 g/mol. The molecule has 0 spiro atoms. The van der Waals surface area contributed by atoms with E-state index in [1.54, 1.807) is 30.3 Å². The highest BCUT2D eigenvalue weighted by molar-refractivity contribution is 5.79. The van der Waals surface area contributed by atoms with Gasteiger partial charge in [0, 0.05) is 12.0 Å². The lowest BCUT2D eigenvalue weighted by Crippen LogP contribution is -2.19. The third-order valence-corrected chi connectivity index (χ3v) is 2.03. The van der Waals surface area contributed by atoms with Crippen LogP contribution in [0.25, 0.3) is 0 Å². The molecule has 86 valence electrons. The van der Waals surface area contributed by atoms with Gasteiger partial charge in [-0.2, -0.15) is 0 Å². The van der Waals surface area contributed by atoms with E-state index in [4.69, 9.17) is 9.84 Å². The minimum atomic E-state index is -1.21. The number of esters is 1. The zero-order valence-electron chi connectivity index (χ0n) is 9.05. The molecule has 4 nitrogen and oxygen atoms in total. The summed E-state index contributed by atoms with van der Waals surface area (Å²) >= 11 is 0. The summed E-state index contributed by atoms with van der Waals surface area (Å²) in [7, 11) is 0. The Morgan fingerprint density at radius 3 is 2.44 bits per heavy atom. The summed E-state index contributed by atoms with van der Waals surface area (Å²) in [6.07, 6.45) is -0.336. The molecule has 0 amide bonds. The lowest BCUT2D eigenvalue weighted by Gasteiger charge is -2.13. The molecule has 0 aliphatic heterocycles. The van der Waals surface area contributed by atoms with Gasteiger partial charge in [-0.25, -0.2) is 4.79 Å². The highest BCUT2D eigenvalue weighted by atomic mass is 16.6. The van der Waals surface area contributed by atoms with E-state index in [1.807, 2.05) is 6.92 Å². The first-order chi connectivity index (χ1) is 7.65. The molecule has 4 heteroatoms. The molecule has 0 saturated heterocycles. The monoisotopic (exact) mass is 222 g/mol.